The molecule has 0 aliphatic heterocycles. The van der Waals surface area contributed by atoms with E-state index >= 15 is 0 Å². The minimum absolute atomic E-state index is 0.732. The summed E-state index contributed by atoms with van der Waals surface area (Å²) in [5.74, 6) is 2.25. The van der Waals surface area contributed by atoms with Gasteiger partial charge in [0.2, 0.25) is 0 Å². The minimum Gasteiger partial charge on any atom is -0.0649 e. The van der Waals surface area contributed by atoms with E-state index in [9.17, 15) is 0 Å². The Morgan fingerprint density at radius 2 is 1.73 bits per heavy atom. The van der Waals surface area contributed by atoms with Crippen molar-refractivity contribution >= 4 is 0 Å². The largest absolute Gasteiger partial charge is 0.0649 e. The molecule has 11 heavy (non-hydrogen) atoms. The molecule has 2 atom stereocenters. The maximum Gasteiger partial charge on any atom is -0.0323 e. The summed E-state index contributed by atoms with van der Waals surface area (Å²) in [6.45, 7) is 4.85. The quantitative estimate of drug-likeness (QED) is 0.538. The summed E-state index contributed by atoms with van der Waals surface area (Å²) in [4.78, 5) is 0. The molecule has 2 unspecified atom stereocenters. The molecule has 0 heteroatoms. The Labute approximate surface area is 70.4 Å². The van der Waals surface area contributed by atoms with E-state index in [4.69, 9.17) is 0 Å². The number of fused-ring (bicyclic) bond motifs is 1. The summed E-state index contributed by atoms with van der Waals surface area (Å²) >= 11 is 0. The van der Waals surface area contributed by atoms with Gasteiger partial charge in [-0.1, -0.05) is 39.5 Å². The Bertz CT molecular complexity index is 136. The molecule has 0 heterocycles. The second-order valence-corrected chi connectivity index (χ2v) is 5.02. The molecule has 0 aromatic carbocycles. The smallest absolute Gasteiger partial charge is 0.0323 e. The predicted octanol–water partition coefficient (Wildman–Crippen LogP) is 3.61. The lowest BCUT2D eigenvalue weighted by Gasteiger charge is -2.22. The van der Waals surface area contributed by atoms with Gasteiger partial charge in [0.25, 0.3) is 0 Å². The molecule has 0 N–H and O–H groups in total. The molecule has 0 spiro atoms. The third-order valence-electron chi connectivity index (χ3n) is 4.18. The maximum absolute atomic E-state index is 2.49. The van der Waals surface area contributed by atoms with Gasteiger partial charge in [-0.3, -0.25) is 0 Å². The molecule has 0 aromatic rings. The monoisotopic (exact) mass is 152 g/mol. The van der Waals surface area contributed by atoms with E-state index in [2.05, 4.69) is 13.8 Å². The molecule has 64 valence electrons. The molecule has 0 bridgehead atoms. The van der Waals surface area contributed by atoms with Crippen molar-refractivity contribution in [3.8, 4) is 0 Å². The summed E-state index contributed by atoms with van der Waals surface area (Å²) in [5.41, 5.74) is 0.732. The van der Waals surface area contributed by atoms with Crippen LogP contribution in [0.15, 0.2) is 0 Å². The third-order valence-corrected chi connectivity index (χ3v) is 4.18. The standard InChI is InChI=1S/C11H20/c1-3-11(2)7-9-5-4-6-10(9)8-11/h9-10H,3-8H2,1-2H3. The summed E-state index contributed by atoms with van der Waals surface area (Å²) in [5, 5.41) is 0. The second kappa shape index (κ2) is 2.50. The first-order valence-corrected chi connectivity index (χ1v) is 5.23. The summed E-state index contributed by atoms with van der Waals surface area (Å²) < 4.78 is 0. The van der Waals surface area contributed by atoms with Gasteiger partial charge >= 0.3 is 0 Å². The lowest BCUT2D eigenvalue weighted by Crippen LogP contribution is -2.10. The van der Waals surface area contributed by atoms with Crippen molar-refractivity contribution < 1.29 is 0 Å². The molecule has 2 saturated carbocycles. The Morgan fingerprint density at radius 3 is 2.18 bits per heavy atom. The molecular weight excluding hydrogens is 132 g/mol. The van der Waals surface area contributed by atoms with Gasteiger partial charge in [0.15, 0.2) is 0 Å². The fraction of sp³-hybridized carbons (Fsp3) is 1.00. The zero-order valence-corrected chi connectivity index (χ0v) is 7.90. The van der Waals surface area contributed by atoms with Crippen LogP contribution in [-0.2, 0) is 0 Å². The van der Waals surface area contributed by atoms with Crippen molar-refractivity contribution in [1.82, 2.24) is 0 Å². The van der Waals surface area contributed by atoms with Gasteiger partial charge in [0, 0.05) is 0 Å². The fourth-order valence-electron chi connectivity index (χ4n) is 3.29. The highest BCUT2D eigenvalue weighted by molar-refractivity contribution is 4.93. The van der Waals surface area contributed by atoms with E-state index in [1.807, 2.05) is 0 Å². The lowest BCUT2D eigenvalue weighted by molar-refractivity contribution is 0.294. The molecule has 2 aliphatic rings. The summed E-state index contributed by atoms with van der Waals surface area (Å²) in [6, 6.07) is 0. The van der Waals surface area contributed by atoms with Crippen LogP contribution >= 0.6 is 0 Å². The first kappa shape index (κ1) is 7.64. The first-order chi connectivity index (χ1) is 5.23. The van der Waals surface area contributed by atoms with Gasteiger partial charge in [0.1, 0.15) is 0 Å². The molecule has 2 fully saturated rings. The normalized spacial score (nSPS) is 49.6. The summed E-state index contributed by atoms with van der Waals surface area (Å²) in [6.07, 6.45) is 9.08. The molecule has 0 nitrogen and oxygen atoms in total. The Kier molecular flexibility index (Phi) is 1.74. The van der Waals surface area contributed by atoms with Crippen molar-refractivity contribution in [1.29, 1.82) is 0 Å². The average Bonchev–Trinajstić information content (AvgIpc) is 2.46. The molecule has 0 radical (unpaired) electrons. The molecule has 2 rings (SSSR count). The van der Waals surface area contributed by atoms with Crippen molar-refractivity contribution in [3.63, 3.8) is 0 Å². The van der Waals surface area contributed by atoms with Crippen LogP contribution in [0.1, 0.15) is 52.4 Å². The Morgan fingerprint density at radius 1 is 1.18 bits per heavy atom. The first-order valence-electron chi connectivity index (χ1n) is 5.23. The number of rotatable bonds is 1. The zero-order valence-electron chi connectivity index (χ0n) is 7.90. The molecule has 0 aromatic heterocycles. The van der Waals surface area contributed by atoms with Crippen LogP contribution in [0, 0.1) is 17.3 Å². The Hall–Kier alpha value is 0. The SMILES string of the molecule is CCC1(C)CC2CCCC2C1. The van der Waals surface area contributed by atoms with Crippen LogP contribution in [0.2, 0.25) is 0 Å². The Balaban J connectivity index is 2.04. The summed E-state index contributed by atoms with van der Waals surface area (Å²) in [7, 11) is 0. The third kappa shape index (κ3) is 1.21. The maximum atomic E-state index is 2.49. The fourth-order valence-corrected chi connectivity index (χ4v) is 3.29. The van der Waals surface area contributed by atoms with Crippen LogP contribution in [0.3, 0.4) is 0 Å². The van der Waals surface area contributed by atoms with Gasteiger partial charge in [-0.15, -0.1) is 0 Å². The van der Waals surface area contributed by atoms with E-state index < -0.39 is 0 Å². The molecule has 2 aliphatic carbocycles. The number of hydrogen-bond donors (Lipinski definition) is 0. The lowest BCUT2D eigenvalue weighted by atomic mass is 9.83. The minimum atomic E-state index is 0.732. The predicted molar refractivity (Wildman–Crippen MR) is 48.5 cm³/mol. The van der Waals surface area contributed by atoms with E-state index in [0.717, 1.165) is 17.3 Å². The van der Waals surface area contributed by atoms with Crippen LogP contribution in [0.5, 0.6) is 0 Å². The van der Waals surface area contributed by atoms with Crippen LogP contribution in [-0.4, -0.2) is 0 Å². The van der Waals surface area contributed by atoms with E-state index in [1.54, 1.807) is 12.8 Å². The van der Waals surface area contributed by atoms with Crippen molar-refractivity contribution in [2.45, 2.75) is 52.4 Å². The van der Waals surface area contributed by atoms with E-state index in [1.165, 1.54) is 25.7 Å². The number of hydrogen-bond acceptors (Lipinski definition) is 0. The highest BCUT2D eigenvalue weighted by Gasteiger charge is 2.42. The van der Waals surface area contributed by atoms with Crippen molar-refractivity contribution in [2.75, 3.05) is 0 Å². The highest BCUT2D eigenvalue weighted by Crippen LogP contribution is 2.53. The van der Waals surface area contributed by atoms with Crippen LogP contribution < -0.4 is 0 Å². The van der Waals surface area contributed by atoms with E-state index in [-0.39, 0.29) is 0 Å². The van der Waals surface area contributed by atoms with E-state index in [0.29, 0.717) is 0 Å². The van der Waals surface area contributed by atoms with Crippen LogP contribution in [0.25, 0.3) is 0 Å². The van der Waals surface area contributed by atoms with Gasteiger partial charge in [-0.25, -0.2) is 0 Å². The topological polar surface area (TPSA) is 0 Å². The molecule has 0 amide bonds. The van der Waals surface area contributed by atoms with Crippen molar-refractivity contribution in [2.24, 2.45) is 17.3 Å². The molecular formula is C11H20. The van der Waals surface area contributed by atoms with Gasteiger partial charge in [-0.2, -0.15) is 0 Å². The average molecular weight is 152 g/mol. The van der Waals surface area contributed by atoms with Gasteiger partial charge in [-0.05, 0) is 30.1 Å². The van der Waals surface area contributed by atoms with Crippen LogP contribution in [0.4, 0.5) is 0 Å². The van der Waals surface area contributed by atoms with Gasteiger partial charge < -0.3 is 0 Å². The van der Waals surface area contributed by atoms with Crippen molar-refractivity contribution in [3.05, 3.63) is 0 Å². The highest BCUT2D eigenvalue weighted by atomic mass is 14.5. The van der Waals surface area contributed by atoms with Gasteiger partial charge in [0.05, 0.1) is 0 Å². The molecule has 0 saturated heterocycles. The zero-order chi connectivity index (χ0) is 7.90. The second-order valence-electron chi connectivity index (χ2n) is 5.02.